The van der Waals surface area contributed by atoms with E-state index in [1.807, 2.05) is 66.5 Å². The third kappa shape index (κ3) is 3.73. The predicted octanol–water partition coefficient (Wildman–Crippen LogP) is 4.83. The first-order valence-corrected chi connectivity index (χ1v) is 8.44. The fourth-order valence-electron chi connectivity index (χ4n) is 3.28. The molecule has 1 N–H and O–H groups in total. The summed E-state index contributed by atoms with van der Waals surface area (Å²) in [5, 5.41) is 3.36. The molecule has 0 aromatic heterocycles. The van der Waals surface area contributed by atoms with Crippen LogP contribution in [0.1, 0.15) is 42.5 Å². The van der Waals surface area contributed by atoms with Crippen molar-refractivity contribution in [3.8, 4) is 0 Å². The van der Waals surface area contributed by atoms with Crippen LogP contribution in [-0.2, 0) is 0 Å². The summed E-state index contributed by atoms with van der Waals surface area (Å²) in [6, 6.07) is 18.1. The number of anilines is 2. The van der Waals surface area contributed by atoms with Crippen molar-refractivity contribution in [1.82, 2.24) is 4.90 Å². The first-order chi connectivity index (χ1) is 11.3. The van der Waals surface area contributed by atoms with Crippen LogP contribution in [0, 0.1) is 0 Å². The van der Waals surface area contributed by atoms with E-state index in [9.17, 15) is 4.79 Å². The number of benzene rings is 2. The molecule has 0 heterocycles. The van der Waals surface area contributed by atoms with Gasteiger partial charge >= 0.3 is 0 Å². The highest BCUT2D eigenvalue weighted by molar-refractivity contribution is 6.00. The maximum Gasteiger partial charge on any atom is 0.255 e. The SMILES string of the molecule is CN(C(=O)c1ccccc1Nc1ccccc1)C1CCCCC1. The summed E-state index contributed by atoms with van der Waals surface area (Å²) in [4.78, 5) is 14.9. The number of hydrogen-bond acceptors (Lipinski definition) is 2. The van der Waals surface area contributed by atoms with Crippen LogP contribution >= 0.6 is 0 Å². The quantitative estimate of drug-likeness (QED) is 0.877. The monoisotopic (exact) mass is 308 g/mol. The molecule has 3 nitrogen and oxygen atoms in total. The van der Waals surface area contributed by atoms with Crippen molar-refractivity contribution in [2.75, 3.05) is 12.4 Å². The topological polar surface area (TPSA) is 32.3 Å². The zero-order valence-electron chi connectivity index (χ0n) is 13.7. The van der Waals surface area contributed by atoms with Gasteiger partial charge < -0.3 is 10.2 Å². The fraction of sp³-hybridized carbons (Fsp3) is 0.350. The van der Waals surface area contributed by atoms with Crippen LogP contribution < -0.4 is 5.32 Å². The van der Waals surface area contributed by atoms with Gasteiger partial charge in [0.25, 0.3) is 5.91 Å². The van der Waals surface area contributed by atoms with Crippen LogP contribution in [0.2, 0.25) is 0 Å². The number of carbonyl (C=O) groups is 1. The van der Waals surface area contributed by atoms with E-state index < -0.39 is 0 Å². The fourth-order valence-corrected chi connectivity index (χ4v) is 3.28. The van der Waals surface area contributed by atoms with E-state index in [2.05, 4.69) is 5.32 Å². The average Bonchev–Trinajstić information content (AvgIpc) is 2.62. The van der Waals surface area contributed by atoms with Crippen LogP contribution in [0.3, 0.4) is 0 Å². The lowest BCUT2D eigenvalue weighted by atomic mass is 9.94. The van der Waals surface area contributed by atoms with Gasteiger partial charge in [0.2, 0.25) is 0 Å². The van der Waals surface area contributed by atoms with E-state index in [1.165, 1.54) is 19.3 Å². The number of hydrogen-bond donors (Lipinski definition) is 1. The van der Waals surface area contributed by atoms with Gasteiger partial charge in [0, 0.05) is 18.8 Å². The van der Waals surface area contributed by atoms with Crippen LogP contribution in [0.4, 0.5) is 11.4 Å². The highest BCUT2D eigenvalue weighted by atomic mass is 16.2. The first kappa shape index (κ1) is 15.6. The maximum absolute atomic E-state index is 12.9. The van der Waals surface area contributed by atoms with Crippen LogP contribution in [0.5, 0.6) is 0 Å². The molecule has 1 fully saturated rings. The number of nitrogens with zero attached hydrogens (tertiary/aromatic N) is 1. The summed E-state index contributed by atoms with van der Waals surface area (Å²) in [5.74, 6) is 0.107. The van der Waals surface area contributed by atoms with Gasteiger partial charge in [-0.25, -0.2) is 0 Å². The van der Waals surface area contributed by atoms with Gasteiger partial charge in [0.15, 0.2) is 0 Å². The van der Waals surface area contributed by atoms with Crippen LogP contribution in [-0.4, -0.2) is 23.9 Å². The lowest BCUT2D eigenvalue weighted by molar-refractivity contribution is 0.0697. The maximum atomic E-state index is 12.9. The smallest absolute Gasteiger partial charge is 0.255 e. The Morgan fingerprint density at radius 1 is 0.957 bits per heavy atom. The normalized spacial score (nSPS) is 15.2. The molecular formula is C20H24N2O. The van der Waals surface area contributed by atoms with E-state index in [0.29, 0.717) is 6.04 Å². The van der Waals surface area contributed by atoms with Crippen molar-refractivity contribution >= 4 is 17.3 Å². The van der Waals surface area contributed by atoms with Crippen LogP contribution in [0.15, 0.2) is 54.6 Å². The van der Waals surface area contributed by atoms with Gasteiger partial charge in [-0.1, -0.05) is 49.6 Å². The Morgan fingerprint density at radius 2 is 1.61 bits per heavy atom. The molecule has 3 heteroatoms. The number of rotatable bonds is 4. The highest BCUT2D eigenvalue weighted by Crippen LogP contribution is 2.26. The molecule has 120 valence electrons. The zero-order valence-corrected chi connectivity index (χ0v) is 13.7. The number of nitrogens with one attached hydrogen (secondary N) is 1. The molecule has 1 amide bonds. The van der Waals surface area contributed by atoms with Crippen molar-refractivity contribution in [2.45, 2.75) is 38.1 Å². The zero-order chi connectivity index (χ0) is 16.1. The van der Waals surface area contributed by atoms with Crippen LogP contribution in [0.25, 0.3) is 0 Å². The average molecular weight is 308 g/mol. The van der Waals surface area contributed by atoms with E-state index in [-0.39, 0.29) is 5.91 Å². The summed E-state index contributed by atoms with van der Waals surface area (Å²) in [5.41, 5.74) is 2.60. The second-order valence-electron chi connectivity index (χ2n) is 6.24. The molecule has 0 radical (unpaired) electrons. The van der Waals surface area contributed by atoms with E-state index >= 15 is 0 Å². The van der Waals surface area contributed by atoms with Gasteiger partial charge in [0.1, 0.15) is 0 Å². The molecule has 0 aliphatic heterocycles. The summed E-state index contributed by atoms with van der Waals surface area (Å²) in [6.07, 6.45) is 6.00. The van der Waals surface area contributed by atoms with Crippen molar-refractivity contribution in [2.24, 2.45) is 0 Å². The molecule has 0 unspecified atom stereocenters. The van der Waals surface area contributed by atoms with Gasteiger partial charge in [-0.05, 0) is 37.1 Å². The van der Waals surface area contributed by atoms with Gasteiger partial charge in [-0.3, -0.25) is 4.79 Å². The summed E-state index contributed by atoms with van der Waals surface area (Å²) >= 11 is 0. The summed E-state index contributed by atoms with van der Waals surface area (Å²) < 4.78 is 0. The molecule has 0 spiro atoms. The van der Waals surface area contributed by atoms with Gasteiger partial charge in [0.05, 0.1) is 11.3 Å². The highest BCUT2D eigenvalue weighted by Gasteiger charge is 2.24. The molecule has 3 rings (SSSR count). The largest absolute Gasteiger partial charge is 0.355 e. The standard InChI is InChI=1S/C20H24N2O/c1-22(17-12-6-3-7-13-17)20(23)18-14-8-9-15-19(18)21-16-10-4-2-5-11-16/h2,4-5,8-11,14-15,17,21H,3,6-7,12-13H2,1H3. The Morgan fingerprint density at radius 3 is 2.35 bits per heavy atom. The molecule has 1 saturated carbocycles. The molecule has 1 aliphatic carbocycles. The summed E-state index contributed by atoms with van der Waals surface area (Å²) in [6.45, 7) is 0. The Bertz CT molecular complexity index is 648. The molecule has 2 aromatic carbocycles. The van der Waals surface area contributed by atoms with Gasteiger partial charge in [-0.15, -0.1) is 0 Å². The van der Waals surface area contributed by atoms with E-state index in [1.54, 1.807) is 0 Å². The Hall–Kier alpha value is -2.29. The van der Waals surface area contributed by atoms with Crippen molar-refractivity contribution in [3.05, 3.63) is 60.2 Å². The third-order valence-corrected chi connectivity index (χ3v) is 4.65. The second kappa shape index (κ2) is 7.32. The van der Waals surface area contributed by atoms with Crippen molar-refractivity contribution in [1.29, 1.82) is 0 Å². The Labute approximate surface area is 138 Å². The van der Waals surface area contributed by atoms with E-state index in [4.69, 9.17) is 0 Å². The molecule has 23 heavy (non-hydrogen) atoms. The lowest BCUT2D eigenvalue weighted by Gasteiger charge is -2.31. The van der Waals surface area contributed by atoms with Gasteiger partial charge in [-0.2, -0.15) is 0 Å². The number of para-hydroxylation sites is 2. The second-order valence-corrected chi connectivity index (χ2v) is 6.24. The molecule has 0 atom stereocenters. The Balaban J connectivity index is 1.80. The van der Waals surface area contributed by atoms with Crippen molar-refractivity contribution < 1.29 is 4.79 Å². The molecule has 0 bridgehead atoms. The lowest BCUT2D eigenvalue weighted by Crippen LogP contribution is -2.38. The number of carbonyl (C=O) groups excluding carboxylic acids is 1. The minimum absolute atomic E-state index is 0.107. The third-order valence-electron chi connectivity index (χ3n) is 4.65. The molecular weight excluding hydrogens is 284 g/mol. The molecule has 1 aliphatic rings. The van der Waals surface area contributed by atoms with E-state index in [0.717, 1.165) is 29.8 Å². The first-order valence-electron chi connectivity index (χ1n) is 8.44. The van der Waals surface area contributed by atoms with Crippen molar-refractivity contribution in [3.63, 3.8) is 0 Å². The summed E-state index contributed by atoms with van der Waals surface area (Å²) in [7, 11) is 1.94. The molecule has 0 saturated heterocycles. The predicted molar refractivity (Wildman–Crippen MR) is 95.1 cm³/mol. The minimum Gasteiger partial charge on any atom is -0.355 e. The minimum atomic E-state index is 0.107. The molecule has 2 aromatic rings. The number of amides is 1. The Kier molecular flexibility index (Phi) is 4.96.